The van der Waals surface area contributed by atoms with Crippen molar-refractivity contribution in [3.05, 3.63) is 28.3 Å². The SMILES string of the molecule is CCC(CC)NCCOc1cc(C)c(Cl)c(C)c1. The molecule has 0 aromatic heterocycles. The summed E-state index contributed by atoms with van der Waals surface area (Å²) in [4.78, 5) is 0. The molecule has 0 aliphatic rings. The van der Waals surface area contributed by atoms with E-state index in [2.05, 4.69) is 19.2 Å². The van der Waals surface area contributed by atoms with Crippen LogP contribution in [0.2, 0.25) is 5.02 Å². The Morgan fingerprint density at radius 2 is 1.72 bits per heavy atom. The third kappa shape index (κ3) is 4.51. The highest BCUT2D eigenvalue weighted by atomic mass is 35.5. The molecule has 0 aliphatic heterocycles. The summed E-state index contributed by atoms with van der Waals surface area (Å²) in [6.07, 6.45) is 2.32. The summed E-state index contributed by atoms with van der Waals surface area (Å²) in [5.74, 6) is 0.903. The first-order valence-electron chi connectivity index (χ1n) is 6.71. The summed E-state index contributed by atoms with van der Waals surface area (Å²) >= 11 is 6.12. The van der Waals surface area contributed by atoms with Crippen LogP contribution in [-0.2, 0) is 0 Å². The molecule has 0 saturated carbocycles. The van der Waals surface area contributed by atoms with Crippen LogP contribution in [-0.4, -0.2) is 19.2 Å². The van der Waals surface area contributed by atoms with Crippen molar-refractivity contribution in [3.63, 3.8) is 0 Å². The van der Waals surface area contributed by atoms with E-state index < -0.39 is 0 Å². The Morgan fingerprint density at radius 1 is 1.17 bits per heavy atom. The fourth-order valence-corrected chi connectivity index (χ4v) is 2.11. The van der Waals surface area contributed by atoms with Crippen molar-refractivity contribution >= 4 is 11.6 Å². The lowest BCUT2D eigenvalue weighted by atomic mass is 10.1. The van der Waals surface area contributed by atoms with Gasteiger partial charge in [0.1, 0.15) is 12.4 Å². The van der Waals surface area contributed by atoms with Gasteiger partial charge in [-0.2, -0.15) is 0 Å². The Kier molecular flexibility index (Phi) is 6.51. The number of rotatable bonds is 7. The number of aryl methyl sites for hydroxylation is 2. The Hall–Kier alpha value is -0.730. The Morgan fingerprint density at radius 3 is 2.22 bits per heavy atom. The Labute approximate surface area is 116 Å². The quantitative estimate of drug-likeness (QED) is 0.752. The molecule has 0 heterocycles. The van der Waals surface area contributed by atoms with Gasteiger partial charge in [-0.25, -0.2) is 0 Å². The molecule has 1 N–H and O–H groups in total. The zero-order valence-electron chi connectivity index (χ0n) is 11.8. The molecule has 0 radical (unpaired) electrons. The number of ether oxygens (including phenoxy) is 1. The topological polar surface area (TPSA) is 21.3 Å². The van der Waals surface area contributed by atoms with Gasteiger partial charge in [-0.05, 0) is 49.9 Å². The van der Waals surface area contributed by atoms with Crippen LogP contribution >= 0.6 is 11.6 Å². The first-order chi connectivity index (χ1) is 8.58. The summed E-state index contributed by atoms with van der Waals surface area (Å²) in [7, 11) is 0. The molecule has 102 valence electrons. The first-order valence-corrected chi connectivity index (χ1v) is 7.09. The van der Waals surface area contributed by atoms with Crippen LogP contribution in [0.4, 0.5) is 0 Å². The molecule has 0 bridgehead atoms. The predicted molar refractivity (Wildman–Crippen MR) is 78.8 cm³/mol. The maximum Gasteiger partial charge on any atom is 0.119 e. The van der Waals surface area contributed by atoms with Crippen molar-refractivity contribution in [1.29, 1.82) is 0 Å². The van der Waals surface area contributed by atoms with E-state index in [0.717, 1.165) is 41.3 Å². The maximum absolute atomic E-state index is 6.12. The zero-order valence-corrected chi connectivity index (χ0v) is 12.6. The standard InChI is InChI=1S/C15H24ClNO/c1-5-13(6-2)17-7-8-18-14-9-11(3)15(16)12(4)10-14/h9-10,13,17H,5-8H2,1-4H3. The van der Waals surface area contributed by atoms with Crippen LogP contribution in [0.1, 0.15) is 37.8 Å². The van der Waals surface area contributed by atoms with Crippen LogP contribution < -0.4 is 10.1 Å². The van der Waals surface area contributed by atoms with Gasteiger partial charge in [0.2, 0.25) is 0 Å². The molecule has 1 rings (SSSR count). The number of hydrogen-bond donors (Lipinski definition) is 1. The Bertz CT molecular complexity index is 352. The molecule has 1 aromatic rings. The van der Waals surface area contributed by atoms with E-state index in [1.54, 1.807) is 0 Å². The van der Waals surface area contributed by atoms with Crippen molar-refractivity contribution in [2.45, 2.75) is 46.6 Å². The summed E-state index contributed by atoms with van der Waals surface area (Å²) in [6.45, 7) is 9.99. The second-order valence-electron chi connectivity index (χ2n) is 4.69. The Balaban J connectivity index is 2.40. The van der Waals surface area contributed by atoms with E-state index >= 15 is 0 Å². The van der Waals surface area contributed by atoms with Gasteiger partial charge in [0.25, 0.3) is 0 Å². The molecule has 0 amide bonds. The average Bonchev–Trinajstić information content (AvgIpc) is 2.36. The van der Waals surface area contributed by atoms with E-state index in [4.69, 9.17) is 16.3 Å². The van der Waals surface area contributed by atoms with Gasteiger partial charge < -0.3 is 10.1 Å². The molecule has 0 saturated heterocycles. The van der Waals surface area contributed by atoms with E-state index in [-0.39, 0.29) is 0 Å². The van der Waals surface area contributed by atoms with Gasteiger partial charge in [0.05, 0.1) is 0 Å². The lowest BCUT2D eigenvalue weighted by molar-refractivity contribution is 0.302. The second kappa shape index (κ2) is 7.65. The molecule has 0 aliphatic carbocycles. The molecule has 0 unspecified atom stereocenters. The first kappa shape index (κ1) is 15.3. The molecule has 3 heteroatoms. The maximum atomic E-state index is 6.12. The predicted octanol–water partition coefficient (Wildman–Crippen LogP) is 4.11. The van der Waals surface area contributed by atoms with Gasteiger partial charge in [0, 0.05) is 17.6 Å². The fraction of sp³-hybridized carbons (Fsp3) is 0.600. The highest BCUT2D eigenvalue weighted by Crippen LogP contribution is 2.25. The van der Waals surface area contributed by atoms with Gasteiger partial charge in [-0.15, -0.1) is 0 Å². The van der Waals surface area contributed by atoms with Crippen molar-refractivity contribution in [3.8, 4) is 5.75 Å². The summed E-state index contributed by atoms with van der Waals surface area (Å²) < 4.78 is 5.74. The highest BCUT2D eigenvalue weighted by molar-refractivity contribution is 6.32. The van der Waals surface area contributed by atoms with E-state index in [1.165, 1.54) is 0 Å². The molecule has 0 spiro atoms. The van der Waals surface area contributed by atoms with Gasteiger partial charge >= 0.3 is 0 Å². The number of nitrogens with one attached hydrogen (secondary N) is 1. The minimum absolute atomic E-state index is 0.599. The summed E-state index contributed by atoms with van der Waals surface area (Å²) in [6, 6.07) is 4.58. The minimum Gasteiger partial charge on any atom is -0.492 e. The fourth-order valence-electron chi connectivity index (χ4n) is 2.00. The molecular formula is C15H24ClNO. The van der Waals surface area contributed by atoms with Crippen molar-refractivity contribution in [2.75, 3.05) is 13.2 Å². The monoisotopic (exact) mass is 269 g/mol. The van der Waals surface area contributed by atoms with Crippen molar-refractivity contribution < 1.29 is 4.74 Å². The van der Waals surface area contributed by atoms with Gasteiger partial charge in [-0.1, -0.05) is 25.4 Å². The van der Waals surface area contributed by atoms with Crippen LogP contribution in [0.5, 0.6) is 5.75 Å². The van der Waals surface area contributed by atoms with Crippen LogP contribution in [0, 0.1) is 13.8 Å². The third-order valence-electron chi connectivity index (χ3n) is 3.20. The summed E-state index contributed by atoms with van der Waals surface area (Å²) in [5.41, 5.74) is 2.14. The zero-order chi connectivity index (χ0) is 13.5. The van der Waals surface area contributed by atoms with Crippen molar-refractivity contribution in [1.82, 2.24) is 5.32 Å². The average molecular weight is 270 g/mol. The number of halogens is 1. The molecule has 0 fully saturated rings. The molecule has 0 atom stereocenters. The largest absolute Gasteiger partial charge is 0.492 e. The molecule has 1 aromatic carbocycles. The van der Waals surface area contributed by atoms with E-state index in [1.807, 2.05) is 26.0 Å². The van der Waals surface area contributed by atoms with Crippen LogP contribution in [0.15, 0.2) is 12.1 Å². The van der Waals surface area contributed by atoms with Gasteiger partial charge in [0.15, 0.2) is 0 Å². The normalized spacial score (nSPS) is 11.0. The van der Waals surface area contributed by atoms with Crippen LogP contribution in [0.25, 0.3) is 0 Å². The van der Waals surface area contributed by atoms with Crippen LogP contribution in [0.3, 0.4) is 0 Å². The summed E-state index contributed by atoms with van der Waals surface area (Å²) in [5, 5.41) is 4.31. The van der Waals surface area contributed by atoms with Gasteiger partial charge in [-0.3, -0.25) is 0 Å². The molecular weight excluding hydrogens is 246 g/mol. The highest BCUT2D eigenvalue weighted by Gasteiger charge is 2.04. The molecule has 18 heavy (non-hydrogen) atoms. The van der Waals surface area contributed by atoms with Crippen molar-refractivity contribution in [2.24, 2.45) is 0 Å². The van der Waals surface area contributed by atoms with E-state index in [0.29, 0.717) is 12.6 Å². The smallest absolute Gasteiger partial charge is 0.119 e. The molecule has 2 nitrogen and oxygen atoms in total. The second-order valence-corrected chi connectivity index (χ2v) is 5.07. The minimum atomic E-state index is 0.599. The number of benzene rings is 1. The lowest BCUT2D eigenvalue weighted by Gasteiger charge is -2.15. The number of hydrogen-bond acceptors (Lipinski definition) is 2. The third-order valence-corrected chi connectivity index (χ3v) is 3.80. The lowest BCUT2D eigenvalue weighted by Crippen LogP contribution is -2.31. The van der Waals surface area contributed by atoms with E-state index in [9.17, 15) is 0 Å².